The van der Waals surface area contributed by atoms with Crippen LogP contribution in [0.2, 0.25) is 0 Å². The van der Waals surface area contributed by atoms with E-state index >= 15 is 0 Å². The minimum absolute atomic E-state index is 0.797. The maximum absolute atomic E-state index is 6.36. The van der Waals surface area contributed by atoms with Crippen molar-refractivity contribution in [3.05, 3.63) is 97.1 Å². The van der Waals surface area contributed by atoms with E-state index in [0.717, 1.165) is 16.9 Å². The van der Waals surface area contributed by atoms with Gasteiger partial charge in [0.1, 0.15) is 0 Å². The highest BCUT2D eigenvalue weighted by atomic mass is 15.0. The molecule has 2 nitrogen and oxygen atoms in total. The van der Waals surface area contributed by atoms with Crippen molar-refractivity contribution in [2.45, 2.75) is 0 Å². The number of nitrogens with zero attached hydrogens (tertiary/aromatic N) is 1. The third kappa shape index (κ3) is 2.20. The molecule has 0 atom stereocenters. The molecular formula is C24H18N2. The van der Waals surface area contributed by atoms with Gasteiger partial charge in [-0.25, -0.2) is 0 Å². The summed E-state index contributed by atoms with van der Waals surface area (Å²) in [6, 6.07) is 33.7. The number of aromatic nitrogens is 1. The number of para-hydroxylation sites is 2. The van der Waals surface area contributed by atoms with Crippen molar-refractivity contribution < 1.29 is 0 Å². The second-order valence-electron chi connectivity index (χ2n) is 6.51. The Morgan fingerprint density at radius 2 is 1.19 bits per heavy atom. The van der Waals surface area contributed by atoms with E-state index in [1.165, 1.54) is 27.4 Å². The summed E-state index contributed by atoms with van der Waals surface area (Å²) in [4.78, 5) is 0. The molecule has 0 radical (unpaired) electrons. The molecule has 2 N–H and O–H groups in total. The van der Waals surface area contributed by atoms with Gasteiger partial charge in [0.2, 0.25) is 0 Å². The molecule has 0 amide bonds. The summed E-state index contributed by atoms with van der Waals surface area (Å²) in [6.45, 7) is 0. The molecule has 2 heteroatoms. The summed E-state index contributed by atoms with van der Waals surface area (Å²) in [7, 11) is 0. The van der Waals surface area contributed by atoms with Gasteiger partial charge < -0.3 is 10.3 Å². The number of hydrogen-bond donors (Lipinski definition) is 1. The van der Waals surface area contributed by atoms with E-state index in [0.29, 0.717) is 0 Å². The van der Waals surface area contributed by atoms with Crippen molar-refractivity contribution in [2.24, 2.45) is 0 Å². The van der Waals surface area contributed by atoms with Crippen LogP contribution in [0, 0.1) is 0 Å². The number of benzene rings is 4. The predicted molar refractivity (Wildman–Crippen MR) is 111 cm³/mol. The van der Waals surface area contributed by atoms with Crippen LogP contribution in [0.25, 0.3) is 38.6 Å². The molecule has 1 aromatic heterocycles. The van der Waals surface area contributed by atoms with Gasteiger partial charge in [-0.3, -0.25) is 0 Å². The molecule has 0 bridgehead atoms. The second kappa shape index (κ2) is 5.78. The minimum atomic E-state index is 0.797. The zero-order chi connectivity index (χ0) is 17.5. The van der Waals surface area contributed by atoms with Crippen molar-refractivity contribution in [1.82, 2.24) is 4.57 Å². The third-order valence-electron chi connectivity index (χ3n) is 4.96. The standard InChI is InChI=1S/C24H18N2/c25-22-11-6-10-21-20-9-4-5-12-23(20)26(24(21)22)19-15-13-18(14-16-19)17-7-2-1-3-8-17/h1-16H,25H2. The van der Waals surface area contributed by atoms with E-state index in [2.05, 4.69) is 83.4 Å². The zero-order valence-electron chi connectivity index (χ0n) is 14.3. The Labute approximate surface area is 152 Å². The largest absolute Gasteiger partial charge is 0.397 e. The maximum Gasteiger partial charge on any atom is 0.0771 e. The average molecular weight is 334 g/mol. The highest BCUT2D eigenvalue weighted by Crippen LogP contribution is 2.35. The van der Waals surface area contributed by atoms with Crippen LogP contribution in [-0.4, -0.2) is 4.57 Å². The number of nitrogen functional groups attached to an aromatic ring is 1. The summed E-state index contributed by atoms with van der Waals surface area (Å²) in [5, 5.41) is 2.41. The molecular weight excluding hydrogens is 316 g/mol. The van der Waals surface area contributed by atoms with Crippen LogP contribution in [0.15, 0.2) is 97.1 Å². The van der Waals surface area contributed by atoms with Crippen LogP contribution in [-0.2, 0) is 0 Å². The lowest BCUT2D eigenvalue weighted by Crippen LogP contribution is -1.97. The molecule has 0 aliphatic rings. The van der Waals surface area contributed by atoms with E-state index < -0.39 is 0 Å². The van der Waals surface area contributed by atoms with Crippen molar-refractivity contribution in [1.29, 1.82) is 0 Å². The Morgan fingerprint density at radius 1 is 0.538 bits per heavy atom. The first-order valence-electron chi connectivity index (χ1n) is 8.76. The number of anilines is 1. The number of fused-ring (bicyclic) bond motifs is 3. The Bertz CT molecular complexity index is 1220. The Morgan fingerprint density at radius 3 is 2.00 bits per heavy atom. The quantitative estimate of drug-likeness (QED) is 0.392. The summed E-state index contributed by atoms with van der Waals surface area (Å²) in [5.74, 6) is 0. The van der Waals surface area contributed by atoms with Crippen LogP contribution in [0.1, 0.15) is 0 Å². The van der Waals surface area contributed by atoms with Crippen LogP contribution >= 0.6 is 0 Å². The summed E-state index contributed by atoms with van der Waals surface area (Å²) < 4.78 is 2.26. The van der Waals surface area contributed by atoms with Gasteiger partial charge in [0.25, 0.3) is 0 Å². The Balaban J connectivity index is 1.76. The lowest BCUT2D eigenvalue weighted by Gasteiger charge is -2.10. The van der Waals surface area contributed by atoms with Crippen molar-refractivity contribution in [2.75, 3.05) is 5.73 Å². The maximum atomic E-state index is 6.36. The summed E-state index contributed by atoms with van der Waals surface area (Å²) in [6.07, 6.45) is 0. The first-order valence-corrected chi connectivity index (χ1v) is 8.76. The molecule has 0 fully saturated rings. The molecule has 0 aliphatic carbocycles. The fourth-order valence-corrected chi connectivity index (χ4v) is 3.75. The topological polar surface area (TPSA) is 30.9 Å². The number of hydrogen-bond acceptors (Lipinski definition) is 1. The first-order chi connectivity index (χ1) is 12.8. The molecule has 0 saturated carbocycles. The lowest BCUT2D eigenvalue weighted by atomic mass is 10.1. The summed E-state index contributed by atoms with van der Waals surface area (Å²) in [5.41, 5.74) is 13.0. The van der Waals surface area contributed by atoms with Crippen LogP contribution in [0.5, 0.6) is 0 Å². The van der Waals surface area contributed by atoms with Gasteiger partial charge in [-0.2, -0.15) is 0 Å². The number of nitrogens with two attached hydrogens (primary N) is 1. The van der Waals surface area contributed by atoms with Gasteiger partial charge in [0.15, 0.2) is 0 Å². The first kappa shape index (κ1) is 14.8. The highest BCUT2D eigenvalue weighted by Gasteiger charge is 2.13. The Hall–Kier alpha value is -3.52. The molecule has 0 aliphatic heterocycles. The number of rotatable bonds is 2. The van der Waals surface area contributed by atoms with Gasteiger partial charge in [-0.1, -0.05) is 72.8 Å². The SMILES string of the molecule is Nc1cccc2c3ccccc3n(-c3ccc(-c4ccccc4)cc3)c12. The highest BCUT2D eigenvalue weighted by molar-refractivity contribution is 6.12. The molecule has 0 unspecified atom stereocenters. The Kier molecular flexibility index (Phi) is 3.29. The molecule has 26 heavy (non-hydrogen) atoms. The van der Waals surface area contributed by atoms with E-state index in [-0.39, 0.29) is 0 Å². The fourth-order valence-electron chi connectivity index (χ4n) is 3.75. The van der Waals surface area contributed by atoms with Gasteiger partial charge in [-0.15, -0.1) is 0 Å². The van der Waals surface area contributed by atoms with Crippen LogP contribution < -0.4 is 5.73 Å². The molecule has 0 spiro atoms. The molecule has 4 aromatic carbocycles. The van der Waals surface area contributed by atoms with E-state index in [1.807, 2.05) is 18.2 Å². The fraction of sp³-hybridized carbons (Fsp3) is 0. The van der Waals surface area contributed by atoms with Crippen LogP contribution in [0.3, 0.4) is 0 Å². The molecule has 5 rings (SSSR count). The van der Waals surface area contributed by atoms with Crippen molar-refractivity contribution in [3.8, 4) is 16.8 Å². The third-order valence-corrected chi connectivity index (χ3v) is 4.96. The predicted octanol–water partition coefficient (Wildman–Crippen LogP) is 6.03. The van der Waals surface area contributed by atoms with Gasteiger partial charge >= 0.3 is 0 Å². The molecule has 1 heterocycles. The van der Waals surface area contributed by atoms with E-state index in [9.17, 15) is 0 Å². The van der Waals surface area contributed by atoms with Crippen molar-refractivity contribution >= 4 is 27.5 Å². The smallest absolute Gasteiger partial charge is 0.0771 e. The van der Waals surface area contributed by atoms with Gasteiger partial charge in [0, 0.05) is 16.5 Å². The van der Waals surface area contributed by atoms with Crippen molar-refractivity contribution in [3.63, 3.8) is 0 Å². The normalized spacial score (nSPS) is 11.2. The van der Waals surface area contributed by atoms with Gasteiger partial charge in [-0.05, 0) is 35.4 Å². The molecule has 5 aromatic rings. The van der Waals surface area contributed by atoms with E-state index in [1.54, 1.807) is 0 Å². The van der Waals surface area contributed by atoms with Crippen LogP contribution in [0.4, 0.5) is 5.69 Å². The summed E-state index contributed by atoms with van der Waals surface area (Å²) >= 11 is 0. The minimum Gasteiger partial charge on any atom is -0.397 e. The second-order valence-corrected chi connectivity index (χ2v) is 6.51. The lowest BCUT2D eigenvalue weighted by molar-refractivity contribution is 1.18. The average Bonchev–Trinajstić information content (AvgIpc) is 3.05. The zero-order valence-corrected chi connectivity index (χ0v) is 14.3. The van der Waals surface area contributed by atoms with E-state index in [4.69, 9.17) is 5.73 Å². The molecule has 124 valence electrons. The monoisotopic (exact) mass is 334 g/mol. The molecule has 0 saturated heterocycles. The van der Waals surface area contributed by atoms with Gasteiger partial charge in [0.05, 0.1) is 16.7 Å².